The number of nitrogen functional groups attached to an aromatic ring is 1. The van der Waals surface area contributed by atoms with E-state index in [1.807, 2.05) is 48.7 Å². The van der Waals surface area contributed by atoms with Crippen LogP contribution in [0.4, 0.5) is 5.95 Å². The first-order valence-corrected chi connectivity index (χ1v) is 9.23. The maximum atomic E-state index is 12.1. The van der Waals surface area contributed by atoms with Crippen molar-refractivity contribution in [2.45, 2.75) is 12.8 Å². The third kappa shape index (κ3) is 3.52. The van der Waals surface area contributed by atoms with Crippen molar-refractivity contribution in [2.24, 2.45) is 0 Å². The van der Waals surface area contributed by atoms with Gasteiger partial charge in [-0.2, -0.15) is 4.68 Å². The summed E-state index contributed by atoms with van der Waals surface area (Å²) >= 11 is 0. The molecule has 2 heterocycles. The Bertz CT molecular complexity index is 1200. The summed E-state index contributed by atoms with van der Waals surface area (Å²) < 4.78 is 6.27. The van der Waals surface area contributed by atoms with Crippen LogP contribution in [0.1, 0.15) is 22.7 Å². The van der Waals surface area contributed by atoms with Crippen molar-refractivity contribution in [3.05, 3.63) is 81.9 Å². The Morgan fingerprint density at radius 2 is 1.93 bits per heavy atom. The monoisotopic (exact) mass is 390 g/mol. The lowest BCUT2D eigenvalue weighted by molar-refractivity contribution is 0.414. The molecular formula is C21H22N6O2. The molecule has 2 aromatic heterocycles. The molecule has 0 radical (unpaired) electrons. The average molecular weight is 390 g/mol. The van der Waals surface area contributed by atoms with Gasteiger partial charge in [0.25, 0.3) is 5.56 Å². The predicted molar refractivity (Wildman–Crippen MR) is 113 cm³/mol. The van der Waals surface area contributed by atoms with Gasteiger partial charge in [0.1, 0.15) is 11.4 Å². The maximum Gasteiger partial charge on any atom is 0.295 e. The van der Waals surface area contributed by atoms with Gasteiger partial charge in [-0.25, -0.2) is 0 Å². The third-order valence-electron chi connectivity index (χ3n) is 5.03. The van der Waals surface area contributed by atoms with Gasteiger partial charge in [0, 0.05) is 29.6 Å². The Morgan fingerprint density at radius 3 is 2.69 bits per heavy atom. The van der Waals surface area contributed by atoms with Gasteiger partial charge in [-0.05, 0) is 36.2 Å². The minimum Gasteiger partial charge on any atom is -0.497 e. The molecule has 0 spiro atoms. The van der Waals surface area contributed by atoms with E-state index in [0.717, 1.165) is 32.5 Å². The minimum atomic E-state index is -0.379. The molecule has 8 nitrogen and oxygen atoms in total. The molecule has 0 unspecified atom stereocenters. The molecule has 0 aliphatic rings. The van der Waals surface area contributed by atoms with E-state index < -0.39 is 0 Å². The quantitative estimate of drug-likeness (QED) is 0.436. The standard InChI is InChI=1S/C21H22N6O2/c1-13-20(28)27(22)21(26-25-13)24-11-17(14-7-9-15(29-2)10-8-14)18-12-23-19-6-4-3-5-16(18)19/h3-10,12,17,23H,11,22H2,1-2H3,(H,24,26)/t17-/m0/s1. The molecule has 4 rings (SSSR count). The van der Waals surface area contributed by atoms with Crippen LogP contribution in [0, 0.1) is 6.92 Å². The number of aromatic nitrogens is 4. The lowest BCUT2D eigenvalue weighted by Gasteiger charge is -2.19. The maximum absolute atomic E-state index is 12.1. The predicted octanol–water partition coefficient (Wildman–Crippen LogP) is 2.39. The molecule has 0 fully saturated rings. The van der Waals surface area contributed by atoms with E-state index in [-0.39, 0.29) is 23.1 Å². The van der Waals surface area contributed by atoms with Crippen molar-refractivity contribution >= 4 is 16.9 Å². The molecular weight excluding hydrogens is 368 g/mol. The number of nitrogens with zero attached hydrogens (tertiary/aromatic N) is 3. The van der Waals surface area contributed by atoms with Gasteiger partial charge >= 0.3 is 0 Å². The summed E-state index contributed by atoms with van der Waals surface area (Å²) in [6.45, 7) is 2.05. The number of aryl methyl sites for hydroxylation is 1. The van der Waals surface area contributed by atoms with Gasteiger partial charge < -0.3 is 20.9 Å². The number of H-pyrrole nitrogens is 1. The molecule has 0 aliphatic heterocycles. The van der Waals surface area contributed by atoms with Crippen LogP contribution in [0.3, 0.4) is 0 Å². The van der Waals surface area contributed by atoms with E-state index in [9.17, 15) is 4.79 Å². The zero-order valence-corrected chi connectivity index (χ0v) is 16.2. The Labute approximate surface area is 167 Å². The number of aromatic amines is 1. The first-order valence-electron chi connectivity index (χ1n) is 9.23. The van der Waals surface area contributed by atoms with Crippen LogP contribution in [-0.2, 0) is 0 Å². The van der Waals surface area contributed by atoms with Crippen molar-refractivity contribution in [3.8, 4) is 5.75 Å². The molecule has 2 aromatic carbocycles. The van der Waals surface area contributed by atoms with Gasteiger partial charge in [-0.15, -0.1) is 10.2 Å². The number of methoxy groups -OCH3 is 1. The van der Waals surface area contributed by atoms with E-state index in [4.69, 9.17) is 10.6 Å². The zero-order chi connectivity index (χ0) is 20.4. The van der Waals surface area contributed by atoms with Gasteiger partial charge in [0.2, 0.25) is 5.95 Å². The average Bonchev–Trinajstić information content (AvgIpc) is 3.18. The zero-order valence-electron chi connectivity index (χ0n) is 16.2. The topological polar surface area (TPSA) is 111 Å². The number of benzene rings is 2. The normalized spacial score (nSPS) is 12.1. The van der Waals surface area contributed by atoms with Crippen LogP contribution in [0.25, 0.3) is 10.9 Å². The Morgan fingerprint density at radius 1 is 1.17 bits per heavy atom. The summed E-state index contributed by atoms with van der Waals surface area (Å²) in [5, 5.41) is 12.2. The van der Waals surface area contributed by atoms with Crippen LogP contribution in [0.5, 0.6) is 5.75 Å². The fourth-order valence-electron chi connectivity index (χ4n) is 3.42. The van der Waals surface area contributed by atoms with Crippen molar-refractivity contribution in [3.63, 3.8) is 0 Å². The molecule has 0 saturated carbocycles. The SMILES string of the molecule is COc1ccc([C@H](CNc2nnc(C)c(=O)n2N)c2c[nH]c3ccccc23)cc1. The number of para-hydroxylation sites is 1. The molecule has 4 aromatic rings. The number of hydrogen-bond acceptors (Lipinski definition) is 6. The van der Waals surface area contributed by atoms with Crippen molar-refractivity contribution in [1.82, 2.24) is 19.9 Å². The van der Waals surface area contributed by atoms with Crippen molar-refractivity contribution in [1.29, 1.82) is 0 Å². The van der Waals surface area contributed by atoms with Crippen molar-refractivity contribution in [2.75, 3.05) is 24.8 Å². The number of rotatable bonds is 6. The highest BCUT2D eigenvalue weighted by molar-refractivity contribution is 5.84. The van der Waals surface area contributed by atoms with E-state index in [2.05, 4.69) is 26.6 Å². The van der Waals surface area contributed by atoms with E-state index in [0.29, 0.717) is 6.54 Å². The molecule has 8 heteroatoms. The van der Waals surface area contributed by atoms with Crippen LogP contribution < -0.4 is 21.5 Å². The molecule has 29 heavy (non-hydrogen) atoms. The van der Waals surface area contributed by atoms with Gasteiger partial charge in [0.05, 0.1) is 7.11 Å². The van der Waals surface area contributed by atoms with Gasteiger partial charge in [-0.3, -0.25) is 4.79 Å². The smallest absolute Gasteiger partial charge is 0.295 e. The summed E-state index contributed by atoms with van der Waals surface area (Å²) in [6, 6.07) is 16.1. The number of anilines is 1. The Balaban J connectivity index is 1.72. The van der Waals surface area contributed by atoms with E-state index in [1.54, 1.807) is 14.0 Å². The second-order valence-electron chi connectivity index (χ2n) is 6.78. The summed E-state index contributed by atoms with van der Waals surface area (Å²) in [4.78, 5) is 15.4. The summed E-state index contributed by atoms with van der Waals surface area (Å²) in [6.07, 6.45) is 2.01. The number of hydrogen-bond donors (Lipinski definition) is 3. The van der Waals surface area contributed by atoms with Crippen LogP contribution >= 0.6 is 0 Å². The van der Waals surface area contributed by atoms with Crippen LogP contribution in [0.2, 0.25) is 0 Å². The molecule has 4 N–H and O–H groups in total. The number of fused-ring (bicyclic) bond motifs is 1. The Kier molecular flexibility index (Phi) is 4.90. The molecule has 0 bridgehead atoms. The number of ether oxygens (including phenoxy) is 1. The number of nitrogens with one attached hydrogen (secondary N) is 2. The van der Waals surface area contributed by atoms with E-state index >= 15 is 0 Å². The summed E-state index contributed by atoms with van der Waals surface area (Å²) in [7, 11) is 1.64. The van der Waals surface area contributed by atoms with Crippen LogP contribution in [0.15, 0.2) is 59.5 Å². The molecule has 148 valence electrons. The first kappa shape index (κ1) is 18.5. The summed E-state index contributed by atoms with van der Waals surface area (Å²) in [5.41, 5.74) is 3.15. The second-order valence-corrected chi connectivity index (χ2v) is 6.78. The van der Waals surface area contributed by atoms with E-state index in [1.165, 1.54) is 0 Å². The molecule has 0 aliphatic carbocycles. The van der Waals surface area contributed by atoms with Crippen molar-refractivity contribution < 1.29 is 4.74 Å². The fraction of sp³-hybridized carbons (Fsp3) is 0.190. The highest BCUT2D eigenvalue weighted by atomic mass is 16.5. The third-order valence-corrected chi connectivity index (χ3v) is 5.03. The largest absolute Gasteiger partial charge is 0.497 e. The van der Waals surface area contributed by atoms with Gasteiger partial charge in [0.15, 0.2) is 0 Å². The molecule has 1 atom stereocenters. The Hall–Kier alpha value is -3.81. The lowest BCUT2D eigenvalue weighted by atomic mass is 9.91. The first-order chi connectivity index (χ1) is 14.1. The fourth-order valence-corrected chi connectivity index (χ4v) is 3.42. The molecule has 0 amide bonds. The second kappa shape index (κ2) is 7.67. The minimum absolute atomic E-state index is 0.0183. The number of nitrogens with two attached hydrogens (primary N) is 1. The summed E-state index contributed by atoms with van der Waals surface area (Å²) in [5.74, 6) is 6.87. The molecule has 0 saturated heterocycles. The van der Waals surface area contributed by atoms with Gasteiger partial charge in [-0.1, -0.05) is 30.3 Å². The lowest BCUT2D eigenvalue weighted by Crippen LogP contribution is -2.34. The van der Waals surface area contributed by atoms with Crippen LogP contribution in [-0.4, -0.2) is 33.5 Å². The highest BCUT2D eigenvalue weighted by Gasteiger charge is 2.19. The highest BCUT2D eigenvalue weighted by Crippen LogP contribution is 2.31.